The maximum Gasteiger partial charge on any atom is 0.385 e. The van der Waals surface area contributed by atoms with Gasteiger partial charge in [0, 0.05) is 0 Å². The van der Waals surface area contributed by atoms with E-state index in [2.05, 4.69) is 12.1 Å². The van der Waals surface area contributed by atoms with Crippen LogP contribution in [0.15, 0.2) is 5.16 Å². The Balaban J connectivity index is 3.46. The molecule has 5 heteroatoms. The molecule has 0 aromatic rings. The van der Waals surface area contributed by atoms with Gasteiger partial charge in [0.2, 0.25) is 0 Å². The molecule has 0 unspecified atom stereocenters. The minimum atomic E-state index is -0.639. The number of unbranched alkanes of at least 4 members (excludes halogenated alkanes) is 4. The maximum atomic E-state index is 10.2. The lowest BCUT2D eigenvalue weighted by atomic mass is 10.1. The van der Waals surface area contributed by atoms with Gasteiger partial charge in [-0.05, 0) is 11.3 Å². The Morgan fingerprint density at radius 3 is 2.46 bits per heavy atom. The van der Waals surface area contributed by atoms with Crippen LogP contribution in [0, 0.1) is 10.1 Å². The van der Waals surface area contributed by atoms with Gasteiger partial charge in [0.25, 0.3) is 0 Å². The number of rotatable bonds is 6. The van der Waals surface area contributed by atoms with Gasteiger partial charge in [0.1, 0.15) is 5.16 Å². The molecule has 0 aromatic heterocycles. The van der Waals surface area contributed by atoms with E-state index >= 15 is 0 Å². The first-order valence-corrected chi connectivity index (χ1v) is 4.57. The van der Waals surface area contributed by atoms with Gasteiger partial charge in [-0.1, -0.05) is 32.6 Å². The van der Waals surface area contributed by atoms with Crippen LogP contribution >= 0.6 is 0 Å². The van der Waals surface area contributed by atoms with Crippen molar-refractivity contribution in [1.82, 2.24) is 0 Å². The van der Waals surface area contributed by atoms with E-state index in [1.165, 1.54) is 0 Å². The van der Waals surface area contributed by atoms with Gasteiger partial charge in [-0.3, -0.25) is 0 Å². The third-order valence-corrected chi connectivity index (χ3v) is 1.83. The van der Waals surface area contributed by atoms with E-state index in [1.54, 1.807) is 0 Å². The van der Waals surface area contributed by atoms with Gasteiger partial charge >= 0.3 is 5.84 Å². The number of hydrogen-bond acceptors (Lipinski definition) is 4. The molecule has 0 saturated carbocycles. The van der Waals surface area contributed by atoms with Crippen LogP contribution in [-0.2, 0) is 0 Å². The van der Waals surface area contributed by atoms with Crippen molar-refractivity contribution in [3.8, 4) is 0 Å². The second-order valence-corrected chi connectivity index (χ2v) is 2.94. The Hall–Kier alpha value is -1.13. The van der Waals surface area contributed by atoms with Gasteiger partial charge < -0.3 is 15.3 Å². The molecule has 0 radical (unpaired) electrons. The molecular weight excluding hydrogens is 172 g/mol. The highest BCUT2D eigenvalue weighted by atomic mass is 16.6. The molecule has 0 fully saturated rings. The molecule has 1 N–H and O–H groups in total. The predicted octanol–water partition coefficient (Wildman–Crippen LogP) is 2.41. The number of oxime groups is 1. The summed E-state index contributed by atoms with van der Waals surface area (Å²) in [6, 6.07) is 0. The Morgan fingerprint density at radius 2 is 2.00 bits per heavy atom. The third kappa shape index (κ3) is 6.07. The van der Waals surface area contributed by atoms with Crippen LogP contribution in [0.3, 0.4) is 0 Å². The van der Waals surface area contributed by atoms with E-state index in [0.29, 0.717) is 0 Å². The van der Waals surface area contributed by atoms with Crippen molar-refractivity contribution < 1.29 is 10.1 Å². The van der Waals surface area contributed by atoms with Crippen LogP contribution in [0.5, 0.6) is 0 Å². The van der Waals surface area contributed by atoms with Crippen molar-refractivity contribution in [3.63, 3.8) is 0 Å². The maximum absolute atomic E-state index is 10.2. The summed E-state index contributed by atoms with van der Waals surface area (Å²) in [7, 11) is 0. The highest BCUT2D eigenvalue weighted by Crippen LogP contribution is 2.05. The quantitative estimate of drug-likeness (QED) is 0.174. The number of amidine groups is 1. The first-order valence-electron chi connectivity index (χ1n) is 4.57. The molecule has 13 heavy (non-hydrogen) atoms. The fourth-order valence-corrected chi connectivity index (χ4v) is 1.06. The van der Waals surface area contributed by atoms with E-state index in [-0.39, 0.29) is 12.3 Å². The summed E-state index contributed by atoms with van der Waals surface area (Å²) >= 11 is 0. The van der Waals surface area contributed by atoms with Crippen LogP contribution < -0.4 is 0 Å². The van der Waals surface area contributed by atoms with Gasteiger partial charge in [-0.2, -0.15) is 0 Å². The number of hydrogen-bond donors (Lipinski definition) is 1. The summed E-state index contributed by atoms with van der Waals surface area (Å²) in [5, 5.41) is 21.0. The fraction of sp³-hybridized carbons (Fsp3) is 0.875. The van der Waals surface area contributed by atoms with Crippen LogP contribution in [0.1, 0.15) is 45.4 Å². The average molecular weight is 188 g/mol. The van der Waals surface area contributed by atoms with Crippen molar-refractivity contribution in [1.29, 1.82) is 0 Å². The minimum Gasteiger partial charge on any atom is -0.358 e. The largest absolute Gasteiger partial charge is 0.385 e. The molecule has 76 valence electrons. The normalized spacial score (nSPS) is 11.6. The van der Waals surface area contributed by atoms with Gasteiger partial charge in [-0.25, -0.2) is 0 Å². The topological polar surface area (TPSA) is 75.7 Å². The van der Waals surface area contributed by atoms with Crippen LogP contribution in [0.2, 0.25) is 0 Å². The second-order valence-electron chi connectivity index (χ2n) is 2.94. The molecule has 0 aromatic carbocycles. The Bertz CT molecular complexity index is 180. The van der Waals surface area contributed by atoms with E-state index < -0.39 is 4.92 Å². The third-order valence-electron chi connectivity index (χ3n) is 1.83. The van der Waals surface area contributed by atoms with Crippen LogP contribution in [0.25, 0.3) is 0 Å². The zero-order chi connectivity index (χ0) is 10.1. The lowest BCUT2D eigenvalue weighted by Crippen LogP contribution is -2.11. The first-order chi connectivity index (χ1) is 6.22. The average Bonchev–Trinajstić information content (AvgIpc) is 2.10. The standard InChI is InChI=1S/C8H16N2O3/c1-2-3-4-5-6-7-8(9-11)10(12)13/h11H,2-7H2,1H3/b9-8-. The monoisotopic (exact) mass is 188 g/mol. The molecule has 5 nitrogen and oxygen atoms in total. The zero-order valence-corrected chi connectivity index (χ0v) is 7.90. The Morgan fingerprint density at radius 1 is 1.38 bits per heavy atom. The highest BCUT2D eigenvalue weighted by molar-refractivity contribution is 5.73. The smallest absolute Gasteiger partial charge is 0.358 e. The van der Waals surface area contributed by atoms with Gasteiger partial charge in [-0.15, -0.1) is 0 Å². The van der Waals surface area contributed by atoms with Crippen molar-refractivity contribution >= 4 is 5.84 Å². The fourth-order valence-electron chi connectivity index (χ4n) is 1.06. The second kappa shape index (κ2) is 7.52. The lowest BCUT2D eigenvalue weighted by molar-refractivity contribution is -0.355. The van der Waals surface area contributed by atoms with Crippen molar-refractivity contribution in [2.45, 2.75) is 45.4 Å². The molecule has 0 spiro atoms. The van der Waals surface area contributed by atoms with E-state index in [4.69, 9.17) is 5.21 Å². The van der Waals surface area contributed by atoms with Crippen molar-refractivity contribution in [2.24, 2.45) is 5.16 Å². The summed E-state index contributed by atoms with van der Waals surface area (Å²) in [6.07, 6.45) is 5.33. The molecular formula is C8H16N2O3. The summed E-state index contributed by atoms with van der Waals surface area (Å²) in [5.41, 5.74) is 0. The number of nitrogens with zero attached hydrogens (tertiary/aromatic N) is 2. The first kappa shape index (κ1) is 11.9. The SMILES string of the molecule is CCCCCCC/C(=N/O)[N+](=O)[O-]. The van der Waals surface area contributed by atoms with Crippen LogP contribution in [0.4, 0.5) is 0 Å². The molecule has 0 aliphatic carbocycles. The van der Waals surface area contributed by atoms with Gasteiger partial charge in [0.15, 0.2) is 0 Å². The summed E-state index contributed by atoms with van der Waals surface area (Å²) in [5.74, 6) is -0.337. The Labute approximate surface area is 77.6 Å². The van der Waals surface area contributed by atoms with Crippen molar-refractivity contribution in [2.75, 3.05) is 0 Å². The van der Waals surface area contributed by atoms with E-state index in [0.717, 1.165) is 32.1 Å². The summed E-state index contributed by atoms with van der Waals surface area (Å²) in [6.45, 7) is 2.11. The zero-order valence-electron chi connectivity index (χ0n) is 7.90. The summed E-state index contributed by atoms with van der Waals surface area (Å²) in [4.78, 5) is 9.53. The molecule has 0 amide bonds. The lowest BCUT2D eigenvalue weighted by Gasteiger charge is -1.97. The van der Waals surface area contributed by atoms with E-state index in [9.17, 15) is 10.1 Å². The molecule has 0 rings (SSSR count). The molecule has 0 heterocycles. The molecule has 0 aliphatic rings. The van der Waals surface area contributed by atoms with Crippen molar-refractivity contribution in [3.05, 3.63) is 10.1 Å². The highest BCUT2D eigenvalue weighted by Gasteiger charge is 2.11. The van der Waals surface area contributed by atoms with Crippen LogP contribution in [-0.4, -0.2) is 16.0 Å². The van der Waals surface area contributed by atoms with Gasteiger partial charge in [0.05, 0.1) is 6.42 Å². The molecule has 0 aliphatic heterocycles. The van der Waals surface area contributed by atoms with E-state index in [1.807, 2.05) is 0 Å². The summed E-state index contributed by atoms with van der Waals surface area (Å²) < 4.78 is 0. The molecule has 0 bridgehead atoms. The molecule has 0 atom stereocenters. The minimum absolute atomic E-state index is 0.257. The molecule has 0 saturated heterocycles. The number of nitro groups is 1. The Kier molecular flexibility index (Phi) is 6.86. The predicted molar refractivity (Wildman–Crippen MR) is 49.6 cm³/mol.